The number of benzene rings is 2. The number of nitrogens with zero attached hydrogens (tertiary/aromatic N) is 4. The number of ether oxygens (including phenoxy) is 4. The summed E-state index contributed by atoms with van der Waals surface area (Å²) in [5.74, 6) is -7.17. The molecule has 1 heterocycles. The Bertz CT molecular complexity index is 2080. The Morgan fingerprint density at radius 2 is 0.686 bits per heavy atom. The number of hydrogen-bond acceptors (Lipinski definition) is 12. The fourth-order valence-corrected chi connectivity index (χ4v) is 8.66. The van der Waals surface area contributed by atoms with Gasteiger partial charge in [-0.3, -0.25) is 19.2 Å². The summed E-state index contributed by atoms with van der Waals surface area (Å²) in [5.41, 5.74) is 2.26. The predicted molar refractivity (Wildman–Crippen MR) is 268 cm³/mol. The number of hydrogen-bond donors (Lipinski definition) is 0. The molecule has 0 aromatic heterocycles. The van der Waals surface area contributed by atoms with Gasteiger partial charge >= 0.3 is 23.9 Å². The molecule has 17 heteroatoms. The van der Waals surface area contributed by atoms with Gasteiger partial charge in [-0.05, 0) is 79.9 Å². The molecule has 0 unspecified atom stereocenters. The number of amides is 4. The molecule has 8 atom stereocenters. The van der Waals surface area contributed by atoms with Gasteiger partial charge in [-0.25, -0.2) is 19.2 Å². The number of likely N-dealkylation sites (N-methyl/N-ethyl adjacent to an activating group) is 4. The van der Waals surface area contributed by atoms with Gasteiger partial charge in [0.2, 0.25) is 0 Å². The molecule has 2 aromatic carbocycles. The number of rotatable bonds is 13. The van der Waals surface area contributed by atoms with Crippen LogP contribution in [0.2, 0.25) is 0 Å². The summed E-state index contributed by atoms with van der Waals surface area (Å²) in [6.45, 7) is 17.5. The van der Waals surface area contributed by atoms with Gasteiger partial charge in [-0.2, -0.15) is 0 Å². The van der Waals surface area contributed by atoms with Crippen molar-refractivity contribution in [3.05, 3.63) is 71.3 Å². The molecular formula is C53H77BrN4O12. The molecule has 388 valence electrons. The molecule has 1 fully saturated rings. The number of alkyl halides is 1. The van der Waals surface area contributed by atoms with Crippen LogP contribution in [0.1, 0.15) is 112 Å². The van der Waals surface area contributed by atoms with E-state index in [1.807, 2.05) is 67.5 Å². The summed E-state index contributed by atoms with van der Waals surface area (Å²) in [7, 11) is 5.57. The minimum Gasteiger partial charge on any atom is -0.451 e. The molecule has 2 aromatic rings. The molecule has 0 spiro atoms. The number of carbonyl (C=O) groups is 8. The molecule has 3 rings (SSSR count). The molecule has 1 aliphatic heterocycles. The van der Waals surface area contributed by atoms with Crippen molar-refractivity contribution in [1.29, 1.82) is 0 Å². The van der Waals surface area contributed by atoms with Crippen LogP contribution in [0.4, 0.5) is 0 Å². The first-order chi connectivity index (χ1) is 32.8. The summed E-state index contributed by atoms with van der Waals surface area (Å²) in [6, 6.07) is 11.2. The van der Waals surface area contributed by atoms with Gasteiger partial charge < -0.3 is 38.5 Å². The van der Waals surface area contributed by atoms with Crippen molar-refractivity contribution in [3.63, 3.8) is 0 Å². The third kappa shape index (κ3) is 16.9. The highest BCUT2D eigenvalue weighted by molar-refractivity contribution is 9.08. The van der Waals surface area contributed by atoms with E-state index < -0.39 is 96.1 Å². The molecule has 0 saturated carbocycles. The molecule has 0 N–H and O–H groups in total. The molecular weight excluding hydrogens is 965 g/mol. The van der Waals surface area contributed by atoms with Gasteiger partial charge in [0.25, 0.3) is 23.6 Å². The summed E-state index contributed by atoms with van der Waals surface area (Å²) >= 11 is 3.45. The van der Waals surface area contributed by atoms with Crippen molar-refractivity contribution in [2.45, 2.75) is 162 Å². The average Bonchev–Trinajstić information content (AvgIpc) is 3.30. The Hall–Kier alpha value is -5.32. The topological polar surface area (TPSA) is 186 Å². The Morgan fingerprint density at radius 1 is 0.414 bits per heavy atom. The second kappa shape index (κ2) is 27.3. The van der Waals surface area contributed by atoms with E-state index in [0.29, 0.717) is 16.5 Å². The zero-order valence-electron chi connectivity index (χ0n) is 43.6. The van der Waals surface area contributed by atoms with E-state index in [-0.39, 0.29) is 62.2 Å². The fraction of sp³-hybridized carbons (Fsp3) is 0.623. The zero-order chi connectivity index (χ0) is 52.7. The number of halogens is 1. The lowest BCUT2D eigenvalue weighted by molar-refractivity contribution is -0.176. The maximum absolute atomic E-state index is 14.7. The number of carbonyl (C=O) groups excluding carboxylic acids is 8. The summed E-state index contributed by atoms with van der Waals surface area (Å²) in [6.07, 6.45) is -5.62. The summed E-state index contributed by atoms with van der Waals surface area (Å²) in [5, 5.41) is 0.582. The highest BCUT2D eigenvalue weighted by Crippen LogP contribution is 2.24. The third-order valence-corrected chi connectivity index (χ3v) is 13.0. The standard InChI is InChI=1S/C53H77BrN4O12/c1-31(2)24-40-50(63)67-36(10)47(60)56(12)43(27-34(7)8)53(66)70-45(29-38-20-22-39(30-54)23-21-38)49(62)58(14)41(25-32(3)4)51(64)68-35(9)46(59)55(11)42(26-33(5)6)52(65)69-44(48(61)57(40)13)28-37-18-16-15-17-19-37/h15-23,31-36,40-45H,24-30H2,1-14H3/t35-,36-,40+,41+,42+,43+,44-,45-/m1/s1. The number of cyclic esters (lactones) is 4. The van der Waals surface area contributed by atoms with Crippen LogP contribution in [0.5, 0.6) is 0 Å². The third-order valence-electron chi connectivity index (χ3n) is 12.3. The van der Waals surface area contributed by atoms with Crippen LogP contribution < -0.4 is 0 Å². The van der Waals surface area contributed by atoms with E-state index in [4.69, 9.17) is 18.9 Å². The average molecular weight is 1040 g/mol. The lowest BCUT2D eigenvalue weighted by Gasteiger charge is -2.35. The van der Waals surface area contributed by atoms with E-state index in [1.54, 1.807) is 42.5 Å². The first-order valence-electron chi connectivity index (χ1n) is 24.3. The van der Waals surface area contributed by atoms with Gasteiger partial charge in [-0.15, -0.1) is 0 Å². The Morgan fingerprint density at radius 3 is 0.986 bits per heavy atom. The largest absolute Gasteiger partial charge is 0.451 e. The lowest BCUT2D eigenvalue weighted by atomic mass is 10.00. The van der Waals surface area contributed by atoms with Gasteiger partial charge in [0.1, 0.15) is 24.2 Å². The molecule has 70 heavy (non-hydrogen) atoms. The normalized spacial score (nSPS) is 24.8. The molecule has 0 aliphatic carbocycles. The minimum atomic E-state index is -1.49. The van der Waals surface area contributed by atoms with Crippen LogP contribution in [0, 0.1) is 23.7 Å². The van der Waals surface area contributed by atoms with Crippen molar-refractivity contribution in [1.82, 2.24) is 19.6 Å². The van der Waals surface area contributed by atoms with Crippen LogP contribution in [0.3, 0.4) is 0 Å². The predicted octanol–water partition coefficient (Wildman–Crippen LogP) is 6.56. The smallest absolute Gasteiger partial charge is 0.329 e. The molecule has 4 amide bonds. The van der Waals surface area contributed by atoms with E-state index in [0.717, 1.165) is 25.2 Å². The van der Waals surface area contributed by atoms with Crippen molar-refractivity contribution in [2.75, 3.05) is 28.2 Å². The van der Waals surface area contributed by atoms with E-state index in [2.05, 4.69) is 15.9 Å². The SMILES string of the molecule is CC(C)C[C@H]1C(=O)O[C@H](Cc2ccc(CBr)cc2)C(=O)N(C)[C@@H](CC(C)C)C(=O)O[C@H](C)C(=O)N(C)[C@@H](CC(C)C)C(=O)O[C@H](Cc2ccccc2)C(=O)N(C)[C@@H](CC(C)C)C(=O)O[C@H](C)C(=O)N1C. The lowest BCUT2D eigenvalue weighted by Crippen LogP contribution is -2.55. The molecule has 1 aliphatic rings. The van der Waals surface area contributed by atoms with Gasteiger partial charge in [-0.1, -0.05) is 126 Å². The first kappa shape index (κ1) is 59.0. The van der Waals surface area contributed by atoms with Crippen molar-refractivity contribution < 1.29 is 57.3 Å². The van der Waals surface area contributed by atoms with E-state index in [1.165, 1.54) is 42.0 Å². The second-order valence-corrected chi connectivity index (χ2v) is 20.8. The Balaban J connectivity index is 2.26. The molecule has 1 saturated heterocycles. The first-order valence-corrected chi connectivity index (χ1v) is 25.5. The fourth-order valence-electron chi connectivity index (χ4n) is 8.29. The maximum atomic E-state index is 14.7. The molecule has 16 nitrogen and oxygen atoms in total. The van der Waals surface area contributed by atoms with Gasteiger partial charge in [0.05, 0.1) is 0 Å². The van der Waals surface area contributed by atoms with Crippen LogP contribution >= 0.6 is 15.9 Å². The van der Waals surface area contributed by atoms with Crippen LogP contribution in [0.25, 0.3) is 0 Å². The van der Waals surface area contributed by atoms with E-state index in [9.17, 15) is 38.4 Å². The van der Waals surface area contributed by atoms with Gasteiger partial charge in [0.15, 0.2) is 24.4 Å². The van der Waals surface area contributed by atoms with Gasteiger partial charge in [0, 0.05) is 46.4 Å². The van der Waals surface area contributed by atoms with Crippen molar-refractivity contribution in [3.8, 4) is 0 Å². The number of esters is 4. The van der Waals surface area contributed by atoms with Crippen molar-refractivity contribution >= 4 is 63.4 Å². The molecule has 0 bridgehead atoms. The second-order valence-electron chi connectivity index (χ2n) is 20.2. The van der Waals surface area contributed by atoms with Crippen LogP contribution in [-0.4, -0.2) is 144 Å². The Kier molecular flexibility index (Phi) is 23.0. The summed E-state index contributed by atoms with van der Waals surface area (Å²) < 4.78 is 23.9. The maximum Gasteiger partial charge on any atom is 0.329 e. The quantitative estimate of drug-likeness (QED) is 0.120. The highest BCUT2D eigenvalue weighted by atomic mass is 79.9. The highest BCUT2D eigenvalue weighted by Gasteiger charge is 2.43. The Labute approximate surface area is 423 Å². The molecule has 0 radical (unpaired) electrons. The van der Waals surface area contributed by atoms with E-state index >= 15 is 0 Å². The summed E-state index contributed by atoms with van der Waals surface area (Å²) in [4.78, 5) is 120. The monoisotopic (exact) mass is 1040 g/mol. The van der Waals surface area contributed by atoms with Crippen molar-refractivity contribution in [2.24, 2.45) is 23.7 Å². The van der Waals surface area contributed by atoms with Crippen LogP contribution in [0.15, 0.2) is 54.6 Å². The zero-order valence-corrected chi connectivity index (χ0v) is 45.2. The minimum absolute atomic E-state index is 0.0833. The van der Waals surface area contributed by atoms with Crippen LogP contribution in [-0.2, 0) is 75.5 Å².